The Morgan fingerprint density at radius 1 is 0.810 bits per heavy atom. The monoisotopic (exact) mass is 277 g/mol. The molecule has 0 spiro atoms. The van der Waals surface area contributed by atoms with Crippen LogP contribution in [0.2, 0.25) is 0 Å². The molecule has 2 aromatic carbocycles. The van der Waals surface area contributed by atoms with Gasteiger partial charge in [-0.25, -0.2) is 0 Å². The van der Waals surface area contributed by atoms with Crippen LogP contribution in [0.3, 0.4) is 0 Å². The van der Waals surface area contributed by atoms with Crippen molar-refractivity contribution in [3.63, 3.8) is 0 Å². The Hall–Kier alpha value is -1.60. The largest absolute Gasteiger partial charge is 0.300 e. The molecule has 2 heterocycles. The van der Waals surface area contributed by atoms with Crippen molar-refractivity contribution < 1.29 is 0 Å². The fourth-order valence-corrected chi connectivity index (χ4v) is 4.64. The van der Waals surface area contributed by atoms with Crippen LogP contribution in [0.15, 0.2) is 60.7 Å². The number of piperidine rings is 1. The van der Waals surface area contributed by atoms with Crippen LogP contribution in [0, 0.1) is 0 Å². The molecule has 0 amide bonds. The highest BCUT2D eigenvalue weighted by molar-refractivity contribution is 5.32. The lowest BCUT2D eigenvalue weighted by atomic mass is 9.73. The van der Waals surface area contributed by atoms with E-state index in [0.29, 0.717) is 17.9 Å². The van der Waals surface area contributed by atoms with Crippen LogP contribution in [0.1, 0.15) is 42.2 Å². The lowest BCUT2D eigenvalue weighted by Gasteiger charge is -2.43. The summed E-state index contributed by atoms with van der Waals surface area (Å²) < 4.78 is 0. The third kappa shape index (κ3) is 2.20. The van der Waals surface area contributed by atoms with E-state index >= 15 is 0 Å². The number of likely N-dealkylation sites (N-methyl/N-ethyl adjacent to an activating group) is 1. The Bertz CT molecular complexity index is 592. The minimum Gasteiger partial charge on any atom is -0.300 e. The minimum atomic E-state index is 0.636. The first-order valence-corrected chi connectivity index (χ1v) is 8.16. The first-order valence-electron chi connectivity index (χ1n) is 8.16. The molecule has 0 unspecified atom stereocenters. The Labute approximate surface area is 127 Å². The number of hydrogen-bond donors (Lipinski definition) is 0. The molecule has 108 valence electrons. The molecule has 1 heteroatoms. The summed E-state index contributed by atoms with van der Waals surface area (Å²) in [5.41, 5.74) is 3.04. The van der Waals surface area contributed by atoms with E-state index in [9.17, 15) is 0 Å². The summed E-state index contributed by atoms with van der Waals surface area (Å²) in [5.74, 6) is 1.31. The van der Waals surface area contributed by atoms with Gasteiger partial charge < -0.3 is 0 Å². The van der Waals surface area contributed by atoms with E-state index in [1.54, 1.807) is 0 Å². The van der Waals surface area contributed by atoms with E-state index in [1.807, 2.05) is 0 Å². The van der Waals surface area contributed by atoms with Gasteiger partial charge >= 0.3 is 0 Å². The second-order valence-electron chi connectivity index (χ2n) is 6.65. The molecule has 1 nitrogen and oxygen atoms in total. The van der Waals surface area contributed by atoms with E-state index in [4.69, 9.17) is 0 Å². The quantitative estimate of drug-likeness (QED) is 0.785. The maximum atomic E-state index is 2.65. The third-order valence-corrected chi connectivity index (χ3v) is 5.68. The van der Waals surface area contributed by atoms with Gasteiger partial charge in [-0.1, -0.05) is 60.7 Å². The molecule has 2 aliphatic heterocycles. The maximum Gasteiger partial charge on any atom is 0.0170 e. The molecule has 21 heavy (non-hydrogen) atoms. The van der Waals surface area contributed by atoms with Crippen molar-refractivity contribution in [1.29, 1.82) is 0 Å². The summed E-state index contributed by atoms with van der Waals surface area (Å²) in [6.07, 6.45) is 4.02. The van der Waals surface area contributed by atoms with E-state index < -0.39 is 0 Å². The topological polar surface area (TPSA) is 3.24 Å². The Morgan fingerprint density at radius 3 is 2.10 bits per heavy atom. The fraction of sp³-hybridized carbons (Fsp3) is 0.400. The van der Waals surface area contributed by atoms with Crippen molar-refractivity contribution in [2.45, 2.75) is 43.2 Å². The number of fused-ring (bicyclic) bond motifs is 2. The van der Waals surface area contributed by atoms with Crippen molar-refractivity contribution in [3.8, 4) is 0 Å². The van der Waals surface area contributed by atoms with Gasteiger partial charge in [-0.05, 0) is 43.4 Å². The zero-order valence-corrected chi connectivity index (χ0v) is 12.7. The van der Waals surface area contributed by atoms with Gasteiger partial charge in [0.05, 0.1) is 0 Å². The van der Waals surface area contributed by atoms with Gasteiger partial charge in [0, 0.05) is 18.0 Å². The molecule has 2 saturated heterocycles. The predicted molar refractivity (Wildman–Crippen MR) is 87.6 cm³/mol. The molecular formula is C20H23N. The normalized spacial score (nSPS) is 32.2. The highest BCUT2D eigenvalue weighted by Gasteiger charge is 2.46. The third-order valence-electron chi connectivity index (χ3n) is 5.68. The second kappa shape index (κ2) is 5.31. The van der Waals surface area contributed by atoms with Gasteiger partial charge in [0.25, 0.3) is 0 Å². The average Bonchev–Trinajstić information content (AvgIpc) is 2.79. The Morgan fingerprint density at radius 2 is 1.43 bits per heavy atom. The van der Waals surface area contributed by atoms with Crippen LogP contribution in [-0.4, -0.2) is 24.0 Å². The minimum absolute atomic E-state index is 0.636. The van der Waals surface area contributed by atoms with Crippen molar-refractivity contribution in [2.75, 3.05) is 7.05 Å². The van der Waals surface area contributed by atoms with E-state index in [1.165, 1.54) is 30.4 Å². The van der Waals surface area contributed by atoms with Crippen LogP contribution in [0.4, 0.5) is 0 Å². The van der Waals surface area contributed by atoms with Gasteiger partial charge in [0.15, 0.2) is 0 Å². The summed E-state index contributed by atoms with van der Waals surface area (Å²) >= 11 is 0. The van der Waals surface area contributed by atoms with Crippen LogP contribution >= 0.6 is 0 Å². The number of rotatable bonds is 2. The highest BCUT2D eigenvalue weighted by Crippen LogP contribution is 2.50. The van der Waals surface area contributed by atoms with Gasteiger partial charge in [-0.2, -0.15) is 0 Å². The summed E-state index contributed by atoms with van der Waals surface area (Å²) in [6.45, 7) is 0. The summed E-state index contributed by atoms with van der Waals surface area (Å²) in [5, 5.41) is 0. The number of nitrogens with zero attached hydrogens (tertiary/aromatic N) is 1. The lowest BCUT2D eigenvalue weighted by Crippen LogP contribution is -2.44. The Balaban J connectivity index is 1.77. The molecule has 2 aromatic rings. The number of hydrogen-bond acceptors (Lipinski definition) is 1. The predicted octanol–water partition coefficient (Wildman–Crippen LogP) is 4.42. The maximum absolute atomic E-state index is 2.65. The molecule has 0 aromatic heterocycles. The van der Waals surface area contributed by atoms with Crippen LogP contribution in [0.5, 0.6) is 0 Å². The molecule has 0 radical (unpaired) electrons. The molecule has 2 bridgehead atoms. The molecule has 2 fully saturated rings. The van der Waals surface area contributed by atoms with Gasteiger partial charge in [0.2, 0.25) is 0 Å². The standard InChI is InChI=1S/C20H23N/c1-21-17-12-13-19(21)20(16-10-6-3-7-11-16)18(14-17)15-8-4-2-5-9-15/h2-11,17-20H,12-14H2,1H3/t17-,18-,19+,20-/m0/s1. The molecule has 0 saturated carbocycles. The zero-order chi connectivity index (χ0) is 14.2. The number of benzene rings is 2. The Kier molecular flexibility index (Phi) is 3.31. The SMILES string of the molecule is CN1[C@H]2CC[C@@H]1[C@@H](c1ccccc1)[C@H](c1ccccc1)C2. The molecule has 0 N–H and O–H groups in total. The van der Waals surface area contributed by atoms with E-state index in [2.05, 4.69) is 72.6 Å². The van der Waals surface area contributed by atoms with E-state index in [-0.39, 0.29) is 0 Å². The lowest BCUT2D eigenvalue weighted by molar-refractivity contribution is 0.137. The summed E-state index contributed by atoms with van der Waals surface area (Å²) in [7, 11) is 2.33. The second-order valence-corrected chi connectivity index (χ2v) is 6.65. The average molecular weight is 277 g/mol. The molecular weight excluding hydrogens is 254 g/mol. The zero-order valence-electron chi connectivity index (χ0n) is 12.7. The molecule has 0 aliphatic carbocycles. The van der Waals surface area contributed by atoms with Gasteiger partial charge in [0.1, 0.15) is 0 Å². The molecule has 4 rings (SSSR count). The van der Waals surface area contributed by atoms with Crippen molar-refractivity contribution in [1.82, 2.24) is 4.90 Å². The summed E-state index contributed by atoms with van der Waals surface area (Å²) in [4.78, 5) is 2.65. The van der Waals surface area contributed by atoms with Crippen molar-refractivity contribution >= 4 is 0 Å². The van der Waals surface area contributed by atoms with Crippen LogP contribution in [0.25, 0.3) is 0 Å². The van der Waals surface area contributed by atoms with Gasteiger partial charge in [-0.3, -0.25) is 4.90 Å². The molecule has 2 aliphatic rings. The fourth-order valence-electron chi connectivity index (χ4n) is 4.64. The van der Waals surface area contributed by atoms with Crippen LogP contribution in [-0.2, 0) is 0 Å². The highest BCUT2D eigenvalue weighted by atomic mass is 15.2. The van der Waals surface area contributed by atoms with Crippen LogP contribution < -0.4 is 0 Å². The van der Waals surface area contributed by atoms with Crippen molar-refractivity contribution in [3.05, 3.63) is 71.8 Å². The van der Waals surface area contributed by atoms with Gasteiger partial charge in [-0.15, -0.1) is 0 Å². The van der Waals surface area contributed by atoms with E-state index in [0.717, 1.165) is 6.04 Å². The molecule has 4 atom stereocenters. The first-order chi connectivity index (χ1) is 10.3. The first kappa shape index (κ1) is 13.1. The smallest absolute Gasteiger partial charge is 0.0170 e. The van der Waals surface area contributed by atoms with Crippen molar-refractivity contribution in [2.24, 2.45) is 0 Å². The summed E-state index contributed by atoms with van der Waals surface area (Å²) in [6, 6.07) is 23.8.